The predicted molar refractivity (Wildman–Crippen MR) is 121 cm³/mol. The van der Waals surface area contributed by atoms with Crippen LogP contribution in [0, 0.1) is 20.8 Å². The van der Waals surface area contributed by atoms with Gasteiger partial charge in [-0.15, -0.1) is 0 Å². The number of aromatic nitrogens is 3. The molecule has 154 valence electrons. The fraction of sp³-hybridized carbons (Fsp3) is 0.280. The van der Waals surface area contributed by atoms with Crippen LogP contribution in [0.2, 0.25) is 0 Å². The average Bonchev–Trinajstić information content (AvgIpc) is 3.28. The monoisotopic (exact) mass is 400 g/mol. The first-order valence-electron chi connectivity index (χ1n) is 10.4. The lowest BCUT2D eigenvalue weighted by Gasteiger charge is -2.09. The van der Waals surface area contributed by atoms with E-state index in [-0.39, 0.29) is 5.91 Å². The van der Waals surface area contributed by atoms with Crippen LogP contribution < -0.4 is 5.32 Å². The van der Waals surface area contributed by atoms with Gasteiger partial charge in [-0.2, -0.15) is 5.10 Å². The summed E-state index contributed by atoms with van der Waals surface area (Å²) in [5, 5.41) is 8.55. The summed E-state index contributed by atoms with van der Waals surface area (Å²) in [5.74, 6) is -0.0265. The highest BCUT2D eigenvalue weighted by Gasteiger charge is 2.14. The Balaban J connectivity index is 1.46. The molecular weight excluding hydrogens is 372 g/mol. The number of hydrogen-bond acceptors (Lipinski definition) is 2. The van der Waals surface area contributed by atoms with E-state index in [2.05, 4.69) is 59.2 Å². The number of amides is 1. The van der Waals surface area contributed by atoms with Crippen LogP contribution in [0.3, 0.4) is 0 Å². The minimum absolute atomic E-state index is 0.0265. The summed E-state index contributed by atoms with van der Waals surface area (Å²) in [5.41, 5.74) is 6.62. The van der Waals surface area contributed by atoms with E-state index >= 15 is 0 Å². The van der Waals surface area contributed by atoms with Crippen molar-refractivity contribution < 1.29 is 4.79 Å². The highest BCUT2D eigenvalue weighted by Crippen LogP contribution is 2.27. The average molecular weight is 401 g/mol. The summed E-state index contributed by atoms with van der Waals surface area (Å²) in [7, 11) is 0. The molecular formula is C25H28N4O. The van der Waals surface area contributed by atoms with Crippen LogP contribution in [0.4, 0.5) is 0 Å². The van der Waals surface area contributed by atoms with Gasteiger partial charge in [0.2, 0.25) is 0 Å². The first-order chi connectivity index (χ1) is 14.5. The molecule has 5 heteroatoms. The fourth-order valence-corrected chi connectivity index (χ4v) is 3.89. The van der Waals surface area contributed by atoms with Gasteiger partial charge in [0, 0.05) is 48.0 Å². The summed E-state index contributed by atoms with van der Waals surface area (Å²) in [6.07, 6.45) is 2.82. The number of carbonyl (C=O) groups is 1. The van der Waals surface area contributed by atoms with Crippen LogP contribution >= 0.6 is 0 Å². The Morgan fingerprint density at radius 2 is 1.83 bits per heavy atom. The van der Waals surface area contributed by atoms with Crippen molar-refractivity contribution in [3.63, 3.8) is 0 Å². The summed E-state index contributed by atoms with van der Waals surface area (Å²) < 4.78 is 4.24. The number of aryl methyl sites for hydroxylation is 3. The van der Waals surface area contributed by atoms with Crippen molar-refractivity contribution in [3.8, 4) is 0 Å². The molecule has 0 saturated carbocycles. The molecule has 0 bridgehead atoms. The van der Waals surface area contributed by atoms with Crippen molar-refractivity contribution in [1.29, 1.82) is 0 Å². The Labute approximate surface area is 177 Å². The van der Waals surface area contributed by atoms with Gasteiger partial charge in [0.25, 0.3) is 5.91 Å². The summed E-state index contributed by atoms with van der Waals surface area (Å²) in [4.78, 5) is 12.7. The van der Waals surface area contributed by atoms with E-state index in [0.717, 1.165) is 30.6 Å². The number of nitrogens with one attached hydrogen (secondary N) is 1. The largest absolute Gasteiger partial charge is 0.352 e. The van der Waals surface area contributed by atoms with E-state index in [1.807, 2.05) is 42.1 Å². The van der Waals surface area contributed by atoms with Crippen molar-refractivity contribution >= 4 is 16.8 Å². The van der Waals surface area contributed by atoms with Crippen LogP contribution in [-0.4, -0.2) is 26.8 Å². The minimum Gasteiger partial charge on any atom is -0.352 e. The number of fused-ring (bicyclic) bond motifs is 1. The maximum Gasteiger partial charge on any atom is 0.251 e. The fourth-order valence-electron chi connectivity index (χ4n) is 3.89. The highest BCUT2D eigenvalue weighted by molar-refractivity contribution is 5.99. The Bertz CT molecular complexity index is 1170. The zero-order valence-electron chi connectivity index (χ0n) is 17.9. The third kappa shape index (κ3) is 4.15. The van der Waals surface area contributed by atoms with Gasteiger partial charge in [0.1, 0.15) is 0 Å². The quantitative estimate of drug-likeness (QED) is 0.460. The van der Waals surface area contributed by atoms with E-state index in [4.69, 9.17) is 0 Å². The molecule has 0 atom stereocenters. The number of rotatable bonds is 7. The molecule has 0 aliphatic heterocycles. The van der Waals surface area contributed by atoms with Gasteiger partial charge in [0.05, 0.1) is 5.69 Å². The normalized spacial score (nSPS) is 11.2. The zero-order valence-corrected chi connectivity index (χ0v) is 17.9. The van der Waals surface area contributed by atoms with E-state index < -0.39 is 0 Å². The molecule has 2 aromatic heterocycles. The molecule has 0 saturated heterocycles. The highest BCUT2D eigenvalue weighted by atomic mass is 16.1. The van der Waals surface area contributed by atoms with Gasteiger partial charge in [-0.1, -0.05) is 30.3 Å². The van der Waals surface area contributed by atoms with E-state index in [1.54, 1.807) is 0 Å². The number of carbonyl (C=O) groups excluding carboxylic acids is 1. The molecule has 0 aliphatic carbocycles. The molecule has 0 radical (unpaired) electrons. The molecule has 4 rings (SSSR count). The topological polar surface area (TPSA) is 51.9 Å². The van der Waals surface area contributed by atoms with Gasteiger partial charge in [-0.25, -0.2) is 0 Å². The van der Waals surface area contributed by atoms with Crippen molar-refractivity contribution in [2.24, 2.45) is 0 Å². The zero-order chi connectivity index (χ0) is 21.1. The summed E-state index contributed by atoms with van der Waals surface area (Å²) in [6.45, 7) is 8.51. The number of benzene rings is 2. The Morgan fingerprint density at radius 3 is 2.57 bits per heavy atom. The first kappa shape index (κ1) is 20.0. The minimum atomic E-state index is -0.0265. The third-order valence-corrected chi connectivity index (χ3v) is 5.71. The second-order valence-corrected chi connectivity index (χ2v) is 7.84. The lowest BCUT2D eigenvalue weighted by atomic mass is 10.1. The van der Waals surface area contributed by atoms with Crippen LogP contribution in [0.15, 0.2) is 60.8 Å². The maximum atomic E-state index is 12.7. The first-order valence-corrected chi connectivity index (χ1v) is 10.4. The van der Waals surface area contributed by atoms with Crippen molar-refractivity contribution in [3.05, 3.63) is 88.9 Å². The second-order valence-electron chi connectivity index (χ2n) is 7.84. The van der Waals surface area contributed by atoms with Crippen LogP contribution in [-0.2, 0) is 13.1 Å². The van der Waals surface area contributed by atoms with Crippen molar-refractivity contribution in [2.75, 3.05) is 6.54 Å². The van der Waals surface area contributed by atoms with Gasteiger partial charge in [-0.3, -0.25) is 9.48 Å². The smallest absolute Gasteiger partial charge is 0.251 e. The molecule has 1 amide bonds. The molecule has 30 heavy (non-hydrogen) atoms. The standard InChI is InChI=1S/C25H28N4O/c1-18-12-15-28(27-18)14-7-13-26-25(30)22-10-11-24-23(16-22)19(2)20(3)29(24)17-21-8-5-4-6-9-21/h4-6,8-12,15-16H,7,13-14,17H2,1-3H3,(H,26,30). The van der Waals surface area contributed by atoms with Crippen molar-refractivity contribution in [2.45, 2.75) is 40.3 Å². The van der Waals surface area contributed by atoms with E-state index in [9.17, 15) is 4.79 Å². The predicted octanol–water partition coefficient (Wildman–Crippen LogP) is 4.63. The molecule has 0 unspecified atom stereocenters. The van der Waals surface area contributed by atoms with Gasteiger partial charge >= 0.3 is 0 Å². The summed E-state index contributed by atoms with van der Waals surface area (Å²) in [6, 6.07) is 18.5. The van der Waals surface area contributed by atoms with Gasteiger partial charge in [-0.05, 0) is 62.6 Å². The van der Waals surface area contributed by atoms with Crippen molar-refractivity contribution in [1.82, 2.24) is 19.7 Å². The van der Waals surface area contributed by atoms with Gasteiger partial charge in [0.15, 0.2) is 0 Å². The molecule has 0 aliphatic rings. The molecule has 2 heterocycles. The van der Waals surface area contributed by atoms with E-state index in [0.29, 0.717) is 12.1 Å². The SMILES string of the molecule is Cc1ccn(CCCNC(=O)c2ccc3c(c2)c(C)c(C)n3Cc2ccccc2)n1. The molecule has 1 N–H and O–H groups in total. The Hall–Kier alpha value is -3.34. The molecule has 5 nitrogen and oxygen atoms in total. The van der Waals surface area contributed by atoms with Gasteiger partial charge < -0.3 is 9.88 Å². The van der Waals surface area contributed by atoms with E-state index in [1.165, 1.54) is 22.3 Å². The molecule has 4 aromatic rings. The molecule has 2 aromatic carbocycles. The molecule has 0 spiro atoms. The lowest BCUT2D eigenvalue weighted by molar-refractivity contribution is 0.0952. The van der Waals surface area contributed by atoms with Crippen LogP contribution in [0.25, 0.3) is 10.9 Å². The van der Waals surface area contributed by atoms with Crippen LogP contribution in [0.1, 0.15) is 39.3 Å². The number of hydrogen-bond donors (Lipinski definition) is 1. The molecule has 0 fully saturated rings. The van der Waals surface area contributed by atoms with Crippen LogP contribution in [0.5, 0.6) is 0 Å². The number of nitrogens with zero attached hydrogens (tertiary/aromatic N) is 3. The summed E-state index contributed by atoms with van der Waals surface area (Å²) >= 11 is 0. The lowest BCUT2D eigenvalue weighted by Crippen LogP contribution is -2.25. The Morgan fingerprint density at radius 1 is 1.03 bits per heavy atom. The third-order valence-electron chi connectivity index (χ3n) is 5.71. The maximum absolute atomic E-state index is 12.7. The Kier molecular flexibility index (Phi) is 5.70. The second kappa shape index (κ2) is 8.57.